The molecule has 2 rings (SSSR count). The van der Waals surface area contributed by atoms with E-state index in [9.17, 15) is 0 Å². The maximum absolute atomic E-state index is 5.56. The van der Waals surface area contributed by atoms with E-state index in [4.69, 9.17) is 4.42 Å². The Bertz CT molecular complexity index is 340. The first-order valence-electron chi connectivity index (χ1n) is 6.34. The standard InChI is InChI=1S/C14H23NO/c1-11-6-7-13(16-11)10-15-12-5-4-8-14(2,3)9-12/h6-7,12,15H,4-5,8-10H2,1-3H3. The van der Waals surface area contributed by atoms with Gasteiger partial charge in [0.15, 0.2) is 0 Å². The van der Waals surface area contributed by atoms with Gasteiger partial charge in [0.1, 0.15) is 11.5 Å². The fourth-order valence-corrected chi connectivity index (χ4v) is 2.70. The summed E-state index contributed by atoms with van der Waals surface area (Å²) in [4.78, 5) is 0. The molecule has 2 nitrogen and oxygen atoms in total. The van der Waals surface area contributed by atoms with Crippen molar-refractivity contribution >= 4 is 0 Å². The molecule has 1 aliphatic carbocycles. The summed E-state index contributed by atoms with van der Waals surface area (Å²) in [5.74, 6) is 2.06. The lowest BCUT2D eigenvalue weighted by Crippen LogP contribution is -2.36. The van der Waals surface area contributed by atoms with Gasteiger partial charge in [-0.1, -0.05) is 20.3 Å². The van der Waals surface area contributed by atoms with Crippen molar-refractivity contribution in [3.05, 3.63) is 23.7 Å². The van der Waals surface area contributed by atoms with Crippen molar-refractivity contribution in [2.75, 3.05) is 0 Å². The molecule has 1 aromatic heterocycles. The van der Waals surface area contributed by atoms with Crippen LogP contribution in [0.3, 0.4) is 0 Å². The summed E-state index contributed by atoms with van der Waals surface area (Å²) < 4.78 is 5.56. The van der Waals surface area contributed by atoms with Crippen LogP contribution < -0.4 is 5.32 Å². The van der Waals surface area contributed by atoms with Crippen molar-refractivity contribution in [3.8, 4) is 0 Å². The summed E-state index contributed by atoms with van der Waals surface area (Å²) in [6, 6.07) is 4.76. The van der Waals surface area contributed by atoms with Gasteiger partial charge < -0.3 is 9.73 Å². The van der Waals surface area contributed by atoms with Gasteiger partial charge in [-0.05, 0) is 43.7 Å². The molecule has 0 amide bonds. The summed E-state index contributed by atoms with van der Waals surface area (Å²) in [6.07, 6.45) is 5.31. The molecule has 0 aromatic carbocycles. The molecule has 0 spiro atoms. The lowest BCUT2D eigenvalue weighted by Gasteiger charge is -2.35. The van der Waals surface area contributed by atoms with Crippen LogP contribution in [0.4, 0.5) is 0 Å². The van der Waals surface area contributed by atoms with E-state index in [1.165, 1.54) is 25.7 Å². The highest BCUT2D eigenvalue weighted by Gasteiger charge is 2.27. The second-order valence-corrected chi connectivity index (χ2v) is 5.85. The zero-order valence-corrected chi connectivity index (χ0v) is 10.7. The summed E-state index contributed by atoms with van der Waals surface area (Å²) in [7, 11) is 0. The smallest absolute Gasteiger partial charge is 0.117 e. The molecular formula is C14H23NO. The predicted molar refractivity (Wildman–Crippen MR) is 66.3 cm³/mol. The second kappa shape index (κ2) is 4.62. The molecule has 16 heavy (non-hydrogen) atoms. The lowest BCUT2D eigenvalue weighted by atomic mass is 9.75. The zero-order valence-electron chi connectivity index (χ0n) is 10.7. The third-order valence-corrected chi connectivity index (χ3v) is 3.57. The molecule has 90 valence electrons. The molecule has 1 saturated carbocycles. The molecule has 0 bridgehead atoms. The van der Waals surface area contributed by atoms with Crippen LogP contribution in [0.15, 0.2) is 16.5 Å². The number of rotatable bonds is 3. The molecule has 1 atom stereocenters. The van der Waals surface area contributed by atoms with E-state index in [1.54, 1.807) is 0 Å². The Morgan fingerprint density at radius 1 is 1.44 bits per heavy atom. The van der Waals surface area contributed by atoms with Crippen molar-refractivity contribution in [2.45, 2.75) is 59.0 Å². The first kappa shape index (κ1) is 11.7. The fourth-order valence-electron chi connectivity index (χ4n) is 2.70. The number of nitrogens with one attached hydrogen (secondary N) is 1. The Labute approximate surface area is 98.4 Å². The van der Waals surface area contributed by atoms with Crippen molar-refractivity contribution in [3.63, 3.8) is 0 Å². The third kappa shape index (κ3) is 3.11. The van der Waals surface area contributed by atoms with E-state index in [0.717, 1.165) is 18.1 Å². The molecule has 1 fully saturated rings. The minimum absolute atomic E-state index is 0.509. The maximum atomic E-state index is 5.56. The number of aryl methyl sites for hydroxylation is 1. The monoisotopic (exact) mass is 221 g/mol. The fraction of sp³-hybridized carbons (Fsp3) is 0.714. The molecule has 0 aliphatic heterocycles. The van der Waals surface area contributed by atoms with Gasteiger partial charge in [0.2, 0.25) is 0 Å². The Morgan fingerprint density at radius 2 is 2.25 bits per heavy atom. The summed E-state index contributed by atoms with van der Waals surface area (Å²) in [5.41, 5.74) is 0.509. The van der Waals surface area contributed by atoms with Crippen molar-refractivity contribution in [1.29, 1.82) is 0 Å². The Morgan fingerprint density at radius 3 is 2.88 bits per heavy atom. The van der Waals surface area contributed by atoms with Gasteiger partial charge in [0.05, 0.1) is 6.54 Å². The van der Waals surface area contributed by atoms with Crippen LogP contribution in [-0.4, -0.2) is 6.04 Å². The molecule has 1 heterocycles. The third-order valence-electron chi connectivity index (χ3n) is 3.57. The molecule has 1 aromatic rings. The first-order chi connectivity index (χ1) is 7.55. The lowest BCUT2D eigenvalue weighted by molar-refractivity contribution is 0.195. The van der Waals surface area contributed by atoms with Crippen LogP contribution in [0, 0.1) is 12.3 Å². The topological polar surface area (TPSA) is 25.2 Å². The Hall–Kier alpha value is -0.760. The first-order valence-corrected chi connectivity index (χ1v) is 6.34. The van der Waals surface area contributed by atoms with Gasteiger partial charge in [-0.15, -0.1) is 0 Å². The number of hydrogen-bond donors (Lipinski definition) is 1. The van der Waals surface area contributed by atoms with Crippen LogP contribution in [0.25, 0.3) is 0 Å². The van der Waals surface area contributed by atoms with Gasteiger partial charge in [-0.3, -0.25) is 0 Å². The SMILES string of the molecule is Cc1ccc(CNC2CCCC(C)(C)C2)o1. The summed E-state index contributed by atoms with van der Waals surface area (Å²) >= 11 is 0. The molecule has 2 heteroatoms. The van der Waals surface area contributed by atoms with E-state index >= 15 is 0 Å². The Kier molecular flexibility index (Phi) is 3.38. The van der Waals surface area contributed by atoms with Crippen LogP contribution in [0.5, 0.6) is 0 Å². The minimum Gasteiger partial charge on any atom is -0.465 e. The molecule has 0 radical (unpaired) electrons. The highest BCUT2D eigenvalue weighted by molar-refractivity contribution is 5.05. The van der Waals surface area contributed by atoms with Gasteiger partial charge in [-0.25, -0.2) is 0 Å². The van der Waals surface area contributed by atoms with Crippen molar-refractivity contribution in [1.82, 2.24) is 5.32 Å². The molecule has 1 unspecified atom stereocenters. The van der Waals surface area contributed by atoms with Crippen molar-refractivity contribution < 1.29 is 4.42 Å². The average Bonchev–Trinajstić information content (AvgIpc) is 2.60. The second-order valence-electron chi connectivity index (χ2n) is 5.85. The zero-order chi connectivity index (χ0) is 11.6. The van der Waals surface area contributed by atoms with Crippen LogP contribution in [0.1, 0.15) is 51.1 Å². The summed E-state index contributed by atoms with van der Waals surface area (Å²) in [6.45, 7) is 7.61. The number of furan rings is 1. The highest BCUT2D eigenvalue weighted by Crippen LogP contribution is 2.35. The Balaban J connectivity index is 1.82. The van der Waals surface area contributed by atoms with E-state index in [1.807, 2.05) is 13.0 Å². The summed E-state index contributed by atoms with van der Waals surface area (Å²) in [5, 5.41) is 3.61. The predicted octanol–water partition coefficient (Wildman–Crippen LogP) is 3.65. The highest BCUT2D eigenvalue weighted by atomic mass is 16.3. The molecular weight excluding hydrogens is 198 g/mol. The van der Waals surface area contributed by atoms with Crippen LogP contribution in [0.2, 0.25) is 0 Å². The number of hydrogen-bond acceptors (Lipinski definition) is 2. The quantitative estimate of drug-likeness (QED) is 0.843. The molecule has 0 saturated heterocycles. The van der Waals surface area contributed by atoms with E-state index in [0.29, 0.717) is 11.5 Å². The van der Waals surface area contributed by atoms with Gasteiger partial charge in [0, 0.05) is 6.04 Å². The molecule has 1 aliphatic rings. The maximum Gasteiger partial charge on any atom is 0.117 e. The van der Waals surface area contributed by atoms with Crippen LogP contribution in [-0.2, 0) is 6.54 Å². The minimum atomic E-state index is 0.509. The molecule has 1 N–H and O–H groups in total. The largest absolute Gasteiger partial charge is 0.465 e. The van der Waals surface area contributed by atoms with E-state index in [2.05, 4.69) is 25.2 Å². The van der Waals surface area contributed by atoms with Crippen molar-refractivity contribution in [2.24, 2.45) is 5.41 Å². The van der Waals surface area contributed by atoms with Gasteiger partial charge in [-0.2, -0.15) is 0 Å². The van der Waals surface area contributed by atoms with Gasteiger partial charge in [0.25, 0.3) is 0 Å². The van der Waals surface area contributed by atoms with E-state index in [-0.39, 0.29) is 0 Å². The normalized spacial score (nSPS) is 24.6. The van der Waals surface area contributed by atoms with E-state index < -0.39 is 0 Å². The van der Waals surface area contributed by atoms with Crippen LogP contribution >= 0.6 is 0 Å². The van der Waals surface area contributed by atoms with Gasteiger partial charge >= 0.3 is 0 Å². The average molecular weight is 221 g/mol.